The van der Waals surface area contributed by atoms with E-state index in [0.29, 0.717) is 0 Å². The minimum absolute atomic E-state index is 1.26. The second-order valence-electron chi connectivity index (χ2n) is 14.3. The van der Waals surface area contributed by atoms with Gasteiger partial charge in [-0.3, -0.25) is 0 Å². The highest BCUT2D eigenvalue weighted by Crippen LogP contribution is 2.52. The molecule has 0 radical (unpaired) electrons. The van der Waals surface area contributed by atoms with Crippen molar-refractivity contribution in [3.8, 4) is 55.6 Å². The molecule has 53 heavy (non-hydrogen) atoms. The molecule has 0 nitrogen and oxygen atoms in total. The predicted molar refractivity (Wildman–Crippen MR) is 230 cm³/mol. The van der Waals surface area contributed by atoms with Crippen molar-refractivity contribution in [1.82, 2.24) is 0 Å². The molecule has 0 N–H and O–H groups in total. The number of hydrogen-bond donors (Lipinski definition) is 0. The highest BCUT2D eigenvalue weighted by Gasteiger charge is 2.24. The Hall–Kier alpha value is -6.54. The predicted octanol–water partition coefficient (Wildman–Crippen LogP) is 15.3. The summed E-state index contributed by atoms with van der Waals surface area (Å²) >= 11 is 1.90. The number of hydrogen-bond acceptors (Lipinski definition) is 1. The number of rotatable bonds is 2. The first-order valence-electron chi connectivity index (χ1n) is 18.3. The lowest BCUT2D eigenvalue weighted by atomic mass is 9.83. The van der Waals surface area contributed by atoms with Crippen molar-refractivity contribution in [2.24, 2.45) is 0 Å². The van der Waals surface area contributed by atoms with Crippen molar-refractivity contribution in [2.75, 3.05) is 0 Å². The van der Waals surface area contributed by atoms with E-state index in [0.717, 1.165) is 0 Å². The van der Waals surface area contributed by atoms with E-state index in [1.807, 2.05) is 11.3 Å². The van der Waals surface area contributed by atoms with Gasteiger partial charge in [0.2, 0.25) is 0 Å². The average molecular weight is 687 g/mol. The molecule has 0 spiro atoms. The Kier molecular flexibility index (Phi) is 6.03. The quantitative estimate of drug-likeness (QED) is 0.159. The summed E-state index contributed by atoms with van der Waals surface area (Å²) in [5, 5.41) is 13.0. The van der Waals surface area contributed by atoms with Gasteiger partial charge in [0.1, 0.15) is 0 Å². The second-order valence-corrected chi connectivity index (χ2v) is 15.4. The monoisotopic (exact) mass is 686 g/mol. The zero-order valence-corrected chi connectivity index (χ0v) is 29.5. The van der Waals surface area contributed by atoms with Crippen LogP contribution in [0.3, 0.4) is 0 Å². The fraction of sp³-hybridized carbons (Fsp3) is 0. The molecule has 0 amide bonds. The van der Waals surface area contributed by atoms with E-state index < -0.39 is 0 Å². The Morgan fingerprint density at radius 3 is 1.40 bits per heavy atom. The summed E-state index contributed by atoms with van der Waals surface area (Å²) in [5.41, 5.74) is 12.9. The Bertz CT molecular complexity index is 3230. The molecule has 1 heteroatoms. The summed E-state index contributed by atoms with van der Waals surface area (Å²) in [4.78, 5) is 0. The molecular formula is C52H30S. The maximum atomic E-state index is 2.43. The molecule has 1 aliphatic rings. The van der Waals surface area contributed by atoms with Crippen LogP contribution in [0.2, 0.25) is 0 Å². The zero-order valence-electron chi connectivity index (χ0n) is 28.7. The minimum Gasteiger partial charge on any atom is -0.135 e. The molecule has 0 saturated heterocycles. The first-order valence-corrected chi connectivity index (χ1v) is 19.2. The van der Waals surface area contributed by atoms with Crippen LogP contribution in [0.15, 0.2) is 182 Å². The van der Waals surface area contributed by atoms with Gasteiger partial charge < -0.3 is 0 Å². The van der Waals surface area contributed by atoms with Gasteiger partial charge in [-0.15, -0.1) is 11.3 Å². The first kappa shape index (κ1) is 29.1. The SMILES string of the molecule is c1ccc2c(c1)-c1ccccc1-c1ccc(-c3c4ccccc4c(-c4ccc5c(c4)sc4cc6ccccc6cc45)c4ccccc34)c3cccc-2c13. The van der Waals surface area contributed by atoms with Crippen LogP contribution < -0.4 is 0 Å². The third kappa shape index (κ3) is 4.11. The summed E-state index contributed by atoms with van der Waals surface area (Å²) in [6, 6.07) is 68.1. The molecule has 0 fully saturated rings. The van der Waals surface area contributed by atoms with Crippen LogP contribution in [0.4, 0.5) is 0 Å². The van der Waals surface area contributed by atoms with E-state index in [2.05, 4.69) is 182 Å². The van der Waals surface area contributed by atoms with Crippen LogP contribution >= 0.6 is 11.3 Å². The van der Waals surface area contributed by atoms with Gasteiger partial charge >= 0.3 is 0 Å². The fourth-order valence-electron chi connectivity index (χ4n) is 9.33. The fourth-order valence-corrected chi connectivity index (χ4v) is 10.5. The Balaban J connectivity index is 1.15. The van der Waals surface area contributed by atoms with Crippen molar-refractivity contribution in [3.63, 3.8) is 0 Å². The van der Waals surface area contributed by atoms with Crippen molar-refractivity contribution in [2.45, 2.75) is 0 Å². The third-order valence-corrected chi connectivity index (χ3v) is 12.7. The molecule has 0 saturated carbocycles. The van der Waals surface area contributed by atoms with Gasteiger partial charge in [0.25, 0.3) is 0 Å². The third-order valence-electron chi connectivity index (χ3n) is 11.6. The van der Waals surface area contributed by atoms with Crippen LogP contribution in [0.5, 0.6) is 0 Å². The first-order chi connectivity index (χ1) is 26.3. The molecular weight excluding hydrogens is 657 g/mol. The normalized spacial score (nSPS) is 12.2. The average Bonchev–Trinajstić information content (AvgIpc) is 3.52. The van der Waals surface area contributed by atoms with Crippen molar-refractivity contribution >= 4 is 74.6 Å². The summed E-state index contributed by atoms with van der Waals surface area (Å²) in [5.74, 6) is 0. The van der Waals surface area contributed by atoms with E-state index in [9.17, 15) is 0 Å². The molecule has 1 aromatic heterocycles. The van der Waals surface area contributed by atoms with E-state index in [1.54, 1.807) is 0 Å². The molecule has 244 valence electrons. The lowest BCUT2D eigenvalue weighted by molar-refractivity contribution is 1.62. The molecule has 0 atom stereocenters. The number of fused-ring (bicyclic) bond motifs is 11. The summed E-state index contributed by atoms with van der Waals surface area (Å²) < 4.78 is 2.66. The van der Waals surface area contributed by atoms with Crippen LogP contribution in [-0.4, -0.2) is 0 Å². The van der Waals surface area contributed by atoms with Crippen LogP contribution in [0.1, 0.15) is 0 Å². The molecule has 12 rings (SSSR count). The largest absolute Gasteiger partial charge is 0.135 e. The minimum atomic E-state index is 1.26. The van der Waals surface area contributed by atoms with Gasteiger partial charge in [0.05, 0.1) is 0 Å². The molecule has 11 aromatic rings. The van der Waals surface area contributed by atoms with Gasteiger partial charge in [0.15, 0.2) is 0 Å². The maximum absolute atomic E-state index is 2.43. The Morgan fingerprint density at radius 1 is 0.264 bits per heavy atom. The van der Waals surface area contributed by atoms with Crippen LogP contribution in [0, 0.1) is 0 Å². The van der Waals surface area contributed by atoms with E-state index >= 15 is 0 Å². The highest BCUT2D eigenvalue weighted by molar-refractivity contribution is 7.25. The van der Waals surface area contributed by atoms with Crippen molar-refractivity contribution < 1.29 is 0 Å². The van der Waals surface area contributed by atoms with Crippen LogP contribution in [0.25, 0.3) is 119 Å². The van der Waals surface area contributed by atoms with Crippen molar-refractivity contribution in [3.05, 3.63) is 182 Å². The highest BCUT2D eigenvalue weighted by atomic mass is 32.1. The van der Waals surface area contributed by atoms with Gasteiger partial charge in [0, 0.05) is 20.2 Å². The number of benzene rings is 10. The van der Waals surface area contributed by atoms with Crippen LogP contribution in [-0.2, 0) is 0 Å². The standard InChI is InChI=1S/C52H30S/c1-2-13-32-29-49-47(28-31(32)12-1)38-25-24-33(30-48(38)53-49)50-40-18-7-9-20-42(40)52(43-21-10-8-19-41(43)50)46-27-26-45-37-17-6-4-15-35(37)34-14-3-5-16-36(34)39-22-11-23-44(46)51(39)45/h1-30H. The van der Waals surface area contributed by atoms with Gasteiger partial charge in [-0.1, -0.05) is 164 Å². The Morgan fingerprint density at radius 2 is 0.736 bits per heavy atom. The Labute approximate surface area is 310 Å². The van der Waals surface area contributed by atoms with E-state index in [-0.39, 0.29) is 0 Å². The molecule has 1 aliphatic carbocycles. The van der Waals surface area contributed by atoms with Gasteiger partial charge in [-0.05, 0) is 117 Å². The molecule has 0 unspecified atom stereocenters. The summed E-state index contributed by atoms with van der Waals surface area (Å²) in [6.45, 7) is 0. The lowest BCUT2D eigenvalue weighted by Gasteiger charge is -2.20. The van der Waals surface area contributed by atoms with E-state index in [1.165, 1.54) is 119 Å². The smallest absolute Gasteiger partial charge is 0.0361 e. The van der Waals surface area contributed by atoms with E-state index in [4.69, 9.17) is 0 Å². The van der Waals surface area contributed by atoms with Gasteiger partial charge in [-0.25, -0.2) is 0 Å². The summed E-state index contributed by atoms with van der Waals surface area (Å²) in [6.07, 6.45) is 0. The maximum Gasteiger partial charge on any atom is 0.0361 e. The topological polar surface area (TPSA) is 0 Å². The van der Waals surface area contributed by atoms with Gasteiger partial charge in [-0.2, -0.15) is 0 Å². The molecule has 0 bridgehead atoms. The molecule has 1 heterocycles. The lowest BCUT2D eigenvalue weighted by Crippen LogP contribution is -1.93. The molecule has 10 aromatic carbocycles. The van der Waals surface area contributed by atoms with Crippen molar-refractivity contribution in [1.29, 1.82) is 0 Å². The summed E-state index contributed by atoms with van der Waals surface area (Å²) in [7, 11) is 0. The molecule has 0 aliphatic heterocycles. The zero-order chi connectivity index (χ0) is 34.6. The number of thiophene rings is 1. The second kappa shape index (κ2) is 11.0.